The normalized spacial score (nSPS) is 14.7. The maximum absolute atomic E-state index is 11.0. The highest BCUT2D eigenvalue weighted by Crippen LogP contribution is 2.31. The predicted molar refractivity (Wildman–Crippen MR) is 85.5 cm³/mol. The van der Waals surface area contributed by atoms with Crippen molar-refractivity contribution in [2.45, 2.75) is 46.2 Å². The molecule has 1 aromatic rings. The topological polar surface area (TPSA) is 58.4 Å². The number of hydrogen-bond acceptors (Lipinski definition) is 4. The molecule has 1 fully saturated rings. The Labute approximate surface area is 126 Å². The predicted octanol–water partition coefficient (Wildman–Crippen LogP) is 3.65. The van der Waals surface area contributed by atoms with Crippen LogP contribution in [0.3, 0.4) is 0 Å². The molecule has 0 atom stereocenters. The Morgan fingerprint density at radius 2 is 2.14 bits per heavy atom. The van der Waals surface area contributed by atoms with E-state index in [-0.39, 0.29) is 10.6 Å². The van der Waals surface area contributed by atoms with E-state index >= 15 is 0 Å². The molecule has 1 saturated carbocycles. The lowest BCUT2D eigenvalue weighted by molar-refractivity contribution is -0.384. The van der Waals surface area contributed by atoms with Crippen LogP contribution >= 0.6 is 0 Å². The SMILES string of the molecule is CCNc1cc(CN(CC2CC2)C(C)C)ccc1[N+](=O)[O-]. The molecule has 0 heterocycles. The first kappa shape index (κ1) is 15.8. The molecule has 0 radical (unpaired) electrons. The Bertz CT molecular complexity index is 498. The van der Waals surface area contributed by atoms with Gasteiger partial charge in [-0.1, -0.05) is 6.07 Å². The van der Waals surface area contributed by atoms with Crippen LogP contribution in [0.15, 0.2) is 18.2 Å². The van der Waals surface area contributed by atoms with Crippen molar-refractivity contribution in [1.82, 2.24) is 4.90 Å². The van der Waals surface area contributed by atoms with E-state index in [2.05, 4.69) is 24.1 Å². The molecule has 1 N–H and O–H groups in total. The van der Waals surface area contributed by atoms with Crippen molar-refractivity contribution >= 4 is 11.4 Å². The number of nitrogens with zero attached hydrogens (tertiary/aromatic N) is 2. The van der Waals surface area contributed by atoms with E-state index in [4.69, 9.17) is 0 Å². The van der Waals surface area contributed by atoms with Crippen LogP contribution in [0.4, 0.5) is 11.4 Å². The standard InChI is InChI=1S/C16H25N3O2/c1-4-17-15-9-14(7-8-16(15)19(20)21)11-18(12(2)3)10-13-5-6-13/h7-9,12-13,17H,4-6,10-11H2,1-3H3. The van der Waals surface area contributed by atoms with Gasteiger partial charge in [0.05, 0.1) is 4.92 Å². The van der Waals surface area contributed by atoms with Gasteiger partial charge >= 0.3 is 0 Å². The fourth-order valence-corrected chi connectivity index (χ4v) is 2.50. The van der Waals surface area contributed by atoms with Gasteiger partial charge in [0.2, 0.25) is 0 Å². The fourth-order valence-electron chi connectivity index (χ4n) is 2.50. The lowest BCUT2D eigenvalue weighted by Crippen LogP contribution is -2.32. The maximum Gasteiger partial charge on any atom is 0.292 e. The minimum atomic E-state index is -0.327. The number of nitro groups is 1. The largest absolute Gasteiger partial charge is 0.380 e. The van der Waals surface area contributed by atoms with Crippen molar-refractivity contribution in [2.24, 2.45) is 5.92 Å². The van der Waals surface area contributed by atoms with Gasteiger partial charge in [-0.25, -0.2) is 0 Å². The molecule has 0 saturated heterocycles. The molecule has 116 valence electrons. The summed E-state index contributed by atoms with van der Waals surface area (Å²) in [6.45, 7) is 9.03. The number of nitrogens with one attached hydrogen (secondary N) is 1. The smallest absolute Gasteiger partial charge is 0.292 e. The Morgan fingerprint density at radius 1 is 1.43 bits per heavy atom. The average molecular weight is 291 g/mol. The first-order valence-corrected chi connectivity index (χ1v) is 7.76. The van der Waals surface area contributed by atoms with Crippen LogP contribution in [0.5, 0.6) is 0 Å². The summed E-state index contributed by atoms with van der Waals surface area (Å²) in [5.41, 5.74) is 1.90. The van der Waals surface area contributed by atoms with Crippen molar-refractivity contribution in [1.29, 1.82) is 0 Å². The third-order valence-corrected chi connectivity index (χ3v) is 3.93. The Kier molecular flexibility index (Phi) is 5.17. The highest BCUT2D eigenvalue weighted by atomic mass is 16.6. The zero-order valence-electron chi connectivity index (χ0n) is 13.1. The van der Waals surface area contributed by atoms with Crippen LogP contribution in [0.25, 0.3) is 0 Å². The minimum absolute atomic E-state index is 0.152. The van der Waals surface area contributed by atoms with Crippen LogP contribution in [-0.4, -0.2) is 29.0 Å². The molecule has 1 aromatic carbocycles. The maximum atomic E-state index is 11.0. The van der Waals surface area contributed by atoms with E-state index < -0.39 is 0 Å². The molecule has 0 spiro atoms. The second-order valence-corrected chi connectivity index (χ2v) is 6.11. The van der Waals surface area contributed by atoms with E-state index in [9.17, 15) is 10.1 Å². The average Bonchev–Trinajstić information content (AvgIpc) is 3.22. The Hall–Kier alpha value is -1.62. The van der Waals surface area contributed by atoms with Crippen molar-refractivity contribution in [2.75, 3.05) is 18.4 Å². The lowest BCUT2D eigenvalue weighted by atomic mass is 10.1. The van der Waals surface area contributed by atoms with E-state index in [1.807, 2.05) is 19.1 Å². The van der Waals surface area contributed by atoms with Crippen LogP contribution in [0.1, 0.15) is 39.2 Å². The van der Waals surface area contributed by atoms with Crippen LogP contribution in [-0.2, 0) is 6.54 Å². The molecule has 0 aliphatic heterocycles. The number of rotatable bonds is 8. The summed E-state index contributed by atoms with van der Waals surface area (Å²) in [5, 5.41) is 14.1. The lowest BCUT2D eigenvalue weighted by Gasteiger charge is -2.26. The van der Waals surface area contributed by atoms with Crippen molar-refractivity contribution in [3.8, 4) is 0 Å². The molecular weight excluding hydrogens is 266 g/mol. The van der Waals surface area contributed by atoms with Gasteiger partial charge in [-0.05, 0) is 51.2 Å². The quantitative estimate of drug-likeness (QED) is 0.586. The van der Waals surface area contributed by atoms with Gasteiger partial charge in [0.25, 0.3) is 5.69 Å². The molecule has 0 bridgehead atoms. The third kappa shape index (κ3) is 4.43. The van der Waals surface area contributed by atoms with Gasteiger partial charge in [0.15, 0.2) is 0 Å². The molecule has 21 heavy (non-hydrogen) atoms. The third-order valence-electron chi connectivity index (χ3n) is 3.93. The van der Waals surface area contributed by atoms with Gasteiger partial charge in [-0.15, -0.1) is 0 Å². The minimum Gasteiger partial charge on any atom is -0.380 e. The molecule has 0 aromatic heterocycles. The number of benzene rings is 1. The van der Waals surface area contributed by atoms with Crippen LogP contribution < -0.4 is 5.32 Å². The molecular formula is C16H25N3O2. The monoisotopic (exact) mass is 291 g/mol. The van der Waals surface area contributed by atoms with Gasteiger partial charge in [0, 0.05) is 31.7 Å². The van der Waals surface area contributed by atoms with Crippen LogP contribution in [0.2, 0.25) is 0 Å². The first-order valence-electron chi connectivity index (χ1n) is 7.76. The molecule has 5 nitrogen and oxygen atoms in total. The summed E-state index contributed by atoms with van der Waals surface area (Å²) in [4.78, 5) is 13.2. The van der Waals surface area contributed by atoms with Crippen molar-refractivity contribution in [3.05, 3.63) is 33.9 Å². The molecule has 0 unspecified atom stereocenters. The summed E-state index contributed by atoms with van der Waals surface area (Å²) >= 11 is 0. The first-order chi connectivity index (χ1) is 10.0. The van der Waals surface area contributed by atoms with E-state index in [0.717, 1.165) is 24.6 Å². The number of nitro benzene ring substituents is 1. The zero-order valence-corrected chi connectivity index (χ0v) is 13.1. The van der Waals surface area contributed by atoms with Crippen LogP contribution in [0, 0.1) is 16.0 Å². The molecule has 0 amide bonds. The van der Waals surface area contributed by atoms with Gasteiger partial charge in [-0.2, -0.15) is 0 Å². The Balaban J connectivity index is 2.14. The summed E-state index contributed by atoms with van der Waals surface area (Å²) in [6.07, 6.45) is 2.68. The van der Waals surface area contributed by atoms with Gasteiger partial charge < -0.3 is 5.32 Å². The van der Waals surface area contributed by atoms with E-state index in [1.165, 1.54) is 12.8 Å². The van der Waals surface area contributed by atoms with Gasteiger partial charge in [-0.3, -0.25) is 15.0 Å². The molecule has 1 aliphatic carbocycles. The van der Waals surface area contributed by atoms with Crippen molar-refractivity contribution in [3.63, 3.8) is 0 Å². The molecule has 2 rings (SSSR count). The summed E-state index contributed by atoms with van der Waals surface area (Å²) in [5.74, 6) is 0.846. The number of hydrogen-bond donors (Lipinski definition) is 1. The molecule has 1 aliphatic rings. The summed E-state index contributed by atoms with van der Waals surface area (Å²) in [6, 6.07) is 5.90. The molecule has 5 heteroatoms. The van der Waals surface area contributed by atoms with Gasteiger partial charge in [0.1, 0.15) is 5.69 Å². The highest BCUT2D eigenvalue weighted by Gasteiger charge is 2.25. The number of anilines is 1. The van der Waals surface area contributed by atoms with E-state index in [0.29, 0.717) is 18.3 Å². The Morgan fingerprint density at radius 3 is 2.67 bits per heavy atom. The summed E-state index contributed by atoms with van der Waals surface area (Å²) in [7, 11) is 0. The summed E-state index contributed by atoms with van der Waals surface area (Å²) < 4.78 is 0. The second-order valence-electron chi connectivity index (χ2n) is 6.11. The van der Waals surface area contributed by atoms with Crippen molar-refractivity contribution < 1.29 is 4.92 Å². The highest BCUT2D eigenvalue weighted by molar-refractivity contribution is 5.62. The second kappa shape index (κ2) is 6.89. The van der Waals surface area contributed by atoms with E-state index in [1.54, 1.807) is 6.07 Å². The zero-order chi connectivity index (χ0) is 15.4. The fraction of sp³-hybridized carbons (Fsp3) is 0.625.